The zero-order chi connectivity index (χ0) is 18.7. The summed E-state index contributed by atoms with van der Waals surface area (Å²) < 4.78 is 0. The number of aliphatic hydroxyl groups excluding tert-OH is 1. The summed E-state index contributed by atoms with van der Waals surface area (Å²) in [6.07, 6.45) is 14.6. The molecule has 4 aliphatic carbocycles. The normalized spacial score (nSPS) is 51.7. The average molecular weight is 359 g/mol. The molecule has 4 rings (SSSR count). The molecule has 0 bridgehead atoms. The van der Waals surface area contributed by atoms with Crippen LogP contribution in [0.15, 0.2) is 11.6 Å². The highest BCUT2D eigenvalue weighted by molar-refractivity contribution is 5.17. The number of hydrogen-bond donors (Lipinski definition) is 1. The Morgan fingerprint density at radius 1 is 0.923 bits per heavy atom. The predicted molar refractivity (Wildman–Crippen MR) is 110 cm³/mol. The number of fused-ring (bicyclic) bond motifs is 5. The summed E-state index contributed by atoms with van der Waals surface area (Å²) in [6.45, 7) is 12.3. The average Bonchev–Trinajstić information content (AvgIpc) is 2.92. The molecular weight excluding hydrogens is 316 g/mol. The lowest BCUT2D eigenvalue weighted by Gasteiger charge is -2.61. The van der Waals surface area contributed by atoms with Gasteiger partial charge in [0.15, 0.2) is 0 Å². The molecule has 0 aromatic rings. The van der Waals surface area contributed by atoms with Gasteiger partial charge in [-0.15, -0.1) is 0 Å². The van der Waals surface area contributed by atoms with Crippen molar-refractivity contribution in [3.63, 3.8) is 0 Å². The fourth-order valence-electron chi connectivity index (χ4n) is 8.63. The van der Waals surface area contributed by atoms with E-state index in [2.05, 4.69) is 40.7 Å². The van der Waals surface area contributed by atoms with Gasteiger partial charge in [0.2, 0.25) is 0 Å². The molecule has 1 N–H and O–H groups in total. The lowest BCUT2D eigenvalue weighted by molar-refractivity contribution is -0.124. The van der Waals surface area contributed by atoms with Gasteiger partial charge in [0.25, 0.3) is 0 Å². The van der Waals surface area contributed by atoms with Crippen molar-refractivity contribution in [2.75, 3.05) is 0 Å². The van der Waals surface area contributed by atoms with Crippen LogP contribution in [0.1, 0.15) is 92.4 Å². The zero-order valence-corrected chi connectivity index (χ0v) is 17.9. The van der Waals surface area contributed by atoms with Crippen molar-refractivity contribution in [2.24, 2.45) is 46.3 Å². The van der Waals surface area contributed by atoms with Gasteiger partial charge in [0.1, 0.15) is 0 Å². The Hall–Kier alpha value is -0.300. The second kappa shape index (κ2) is 6.64. The van der Waals surface area contributed by atoms with Gasteiger partial charge in [0.05, 0.1) is 6.10 Å². The van der Waals surface area contributed by atoms with E-state index in [1.165, 1.54) is 44.9 Å². The molecule has 4 fully saturated rings. The number of allylic oxidation sites excluding steroid dienone is 2. The van der Waals surface area contributed by atoms with E-state index in [1.54, 1.807) is 5.57 Å². The van der Waals surface area contributed by atoms with Crippen LogP contribution in [0.25, 0.3) is 0 Å². The van der Waals surface area contributed by atoms with Crippen molar-refractivity contribution in [3.05, 3.63) is 11.6 Å². The minimum absolute atomic E-state index is 0.0156. The smallest absolute Gasteiger partial charge is 0.0543 e. The molecular formula is C25H42O. The molecule has 148 valence electrons. The zero-order valence-electron chi connectivity index (χ0n) is 17.9. The molecule has 1 heteroatoms. The minimum Gasteiger partial charge on any atom is -0.393 e. The van der Waals surface area contributed by atoms with Gasteiger partial charge >= 0.3 is 0 Å². The molecule has 0 amide bonds. The number of hydrogen-bond acceptors (Lipinski definition) is 1. The first-order valence-electron chi connectivity index (χ1n) is 11.6. The molecule has 4 aliphatic rings. The van der Waals surface area contributed by atoms with E-state index < -0.39 is 0 Å². The van der Waals surface area contributed by atoms with E-state index in [1.807, 2.05) is 0 Å². The van der Waals surface area contributed by atoms with E-state index in [-0.39, 0.29) is 6.10 Å². The third-order valence-electron chi connectivity index (χ3n) is 9.78. The first-order chi connectivity index (χ1) is 12.3. The number of rotatable bonds is 2. The summed E-state index contributed by atoms with van der Waals surface area (Å²) in [7, 11) is 0. The summed E-state index contributed by atoms with van der Waals surface area (Å²) in [4.78, 5) is 0. The van der Waals surface area contributed by atoms with Gasteiger partial charge in [-0.2, -0.15) is 0 Å². The van der Waals surface area contributed by atoms with Crippen LogP contribution < -0.4 is 0 Å². The highest BCUT2D eigenvalue weighted by Crippen LogP contribution is 2.68. The summed E-state index contributed by atoms with van der Waals surface area (Å²) >= 11 is 0. The van der Waals surface area contributed by atoms with Crippen LogP contribution in [-0.4, -0.2) is 11.2 Å². The summed E-state index contributed by atoms with van der Waals surface area (Å²) in [5, 5.41) is 10.2. The maximum atomic E-state index is 10.2. The third kappa shape index (κ3) is 2.83. The SMILES string of the molecule is C/C(=C\C(C)C)[C@H]1CCC2C3CCC4C[C@@H](O)CC[C@]4(C)C3CC[C@@]21C. The fraction of sp³-hybridized carbons (Fsp3) is 0.920. The highest BCUT2D eigenvalue weighted by atomic mass is 16.3. The van der Waals surface area contributed by atoms with Crippen molar-refractivity contribution in [1.82, 2.24) is 0 Å². The van der Waals surface area contributed by atoms with Crippen molar-refractivity contribution in [1.29, 1.82) is 0 Å². The second-order valence-corrected chi connectivity index (χ2v) is 11.4. The van der Waals surface area contributed by atoms with E-state index >= 15 is 0 Å². The molecule has 0 saturated heterocycles. The Labute approximate surface area is 162 Å². The fourth-order valence-corrected chi connectivity index (χ4v) is 8.63. The summed E-state index contributed by atoms with van der Waals surface area (Å²) in [5.74, 6) is 5.14. The van der Waals surface area contributed by atoms with Crippen LogP contribution in [0.4, 0.5) is 0 Å². The Morgan fingerprint density at radius 2 is 1.62 bits per heavy atom. The third-order valence-corrected chi connectivity index (χ3v) is 9.78. The quantitative estimate of drug-likeness (QED) is 0.551. The van der Waals surface area contributed by atoms with E-state index in [0.717, 1.165) is 42.4 Å². The van der Waals surface area contributed by atoms with Gasteiger partial charge in [-0.1, -0.05) is 39.3 Å². The van der Waals surface area contributed by atoms with E-state index in [9.17, 15) is 5.11 Å². The summed E-state index contributed by atoms with van der Waals surface area (Å²) in [6, 6.07) is 0. The molecule has 8 atom stereocenters. The van der Waals surface area contributed by atoms with Gasteiger partial charge < -0.3 is 5.11 Å². The largest absolute Gasteiger partial charge is 0.393 e. The Kier molecular flexibility index (Phi) is 4.86. The van der Waals surface area contributed by atoms with Crippen LogP contribution in [0, 0.1) is 46.3 Å². The monoisotopic (exact) mass is 358 g/mol. The van der Waals surface area contributed by atoms with Gasteiger partial charge in [-0.05, 0) is 111 Å². The molecule has 0 radical (unpaired) electrons. The molecule has 0 heterocycles. The van der Waals surface area contributed by atoms with Gasteiger partial charge in [-0.25, -0.2) is 0 Å². The highest BCUT2D eigenvalue weighted by Gasteiger charge is 2.60. The van der Waals surface area contributed by atoms with Gasteiger partial charge in [0, 0.05) is 0 Å². The topological polar surface area (TPSA) is 20.2 Å². The first-order valence-corrected chi connectivity index (χ1v) is 11.6. The second-order valence-electron chi connectivity index (χ2n) is 11.4. The molecule has 0 aliphatic heterocycles. The van der Waals surface area contributed by atoms with Crippen LogP contribution >= 0.6 is 0 Å². The standard InChI is InChI=1S/C25H42O/c1-16(2)14-17(3)21-8-9-22-20-7-6-18-15-19(26)10-12-24(18,4)23(20)11-13-25(21,22)5/h14,16,18-23,26H,6-13,15H2,1-5H3/b17-14+/t18?,19-,20?,21+,22?,23?,24-,25+/m0/s1. The maximum Gasteiger partial charge on any atom is 0.0543 e. The maximum absolute atomic E-state index is 10.2. The predicted octanol–water partition coefficient (Wildman–Crippen LogP) is 6.61. The van der Waals surface area contributed by atoms with Gasteiger partial charge in [-0.3, -0.25) is 0 Å². The van der Waals surface area contributed by atoms with Crippen molar-refractivity contribution in [3.8, 4) is 0 Å². The van der Waals surface area contributed by atoms with Crippen molar-refractivity contribution < 1.29 is 5.11 Å². The van der Waals surface area contributed by atoms with Crippen LogP contribution in [-0.2, 0) is 0 Å². The molecule has 0 aromatic heterocycles. The van der Waals surface area contributed by atoms with E-state index in [0.29, 0.717) is 16.7 Å². The molecule has 0 aromatic carbocycles. The lowest BCUT2D eigenvalue weighted by atomic mass is 9.44. The van der Waals surface area contributed by atoms with Crippen LogP contribution in [0.5, 0.6) is 0 Å². The number of aliphatic hydroxyl groups is 1. The molecule has 0 spiro atoms. The molecule has 1 nitrogen and oxygen atoms in total. The Balaban J connectivity index is 1.58. The van der Waals surface area contributed by atoms with E-state index in [4.69, 9.17) is 0 Å². The van der Waals surface area contributed by atoms with Crippen LogP contribution in [0.2, 0.25) is 0 Å². The van der Waals surface area contributed by atoms with Crippen molar-refractivity contribution in [2.45, 2.75) is 98.5 Å². The Bertz CT molecular complexity index is 563. The lowest BCUT2D eigenvalue weighted by Crippen LogP contribution is -2.54. The first kappa shape index (κ1) is 19.0. The van der Waals surface area contributed by atoms with Crippen LogP contribution in [0.3, 0.4) is 0 Å². The van der Waals surface area contributed by atoms with Crippen molar-refractivity contribution >= 4 is 0 Å². The molecule has 4 unspecified atom stereocenters. The molecule has 4 saturated carbocycles. The Morgan fingerprint density at radius 3 is 2.35 bits per heavy atom. The summed E-state index contributed by atoms with van der Waals surface area (Å²) in [5.41, 5.74) is 2.75. The molecule has 26 heavy (non-hydrogen) atoms. The minimum atomic E-state index is -0.0156.